The zero-order valence-electron chi connectivity index (χ0n) is 32.1. The smallest absolute Gasteiger partial charge is 0.165 e. The van der Waals surface area contributed by atoms with Gasteiger partial charge in [0.15, 0.2) is 17.5 Å². The number of hydrogen-bond acceptors (Lipinski definition) is 4. The summed E-state index contributed by atoms with van der Waals surface area (Å²) in [4.78, 5) is 15.8. The third-order valence-electron chi connectivity index (χ3n) is 11.8. The van der Waals surface area contributed by atoms with E-state index in [4.69, 9.17) is 15.0 Å². The highest BCUT2D eigenvalue weighted by molar-refractivity contribution is 7.26. The molecule has 10 aromatic rings. The van der Waals surface area contributed by atoms with Crippen LogP contribution in [0.2, 0.25) is 0 Å². The lowest BCUT2D eigenvalue weighted by molar-refractivity contribution is 0.662. The minimum Gasteiger partial charge on any atom is -0.208 e. The summed E-state index contributed by atoms with van der Waals surface area (Å²) in [6.07, 6.45) is 0. The van der Waals surface area contributed by atoms with Crippen LogP contribution in [0.5, 0.6) is 0 Å². The molecule has 0 atom stereocenters. The second-order valence-electron chi connectivity index (χ2n) is 15.6. The Morgan fingerprint density at radius 2 is 0.897 bits per heavy atom. The Balaban J connectivity index is 1.03. The Morgan fingerprint density at radius 3 is 1.74 bits per heavy atom. The maximum atomic E-state index is 5.26. The van der Waals surface area contributed by atoms with Crippen molar-refractivity contribution in [2.45, 2.75) is 19.3 Å². The number of fused-ring (bicyclic) bond motifs is 6. The maximum Gasteiger partial charge on any atom is 0.165 e. The van der Waals surface area contributed by atoms with Crippen molar-refractivity contribution in [2.75, 3.05) is 0 Å². The van der Waals surface area contributed by atoms with Gasteiger partial charge in [-0.15, -0.1) is 11.3 Å². The number of rotatable bonds is 6. The molecule has 0 aliphatic heterocycles. The van der Waals surface area contributed by atoms with E-state index in [2.05, 4.69) is 196 Å². The predicted molar refractivity (Wildman–Crippen MR) is 243 cm³/mol. The first-order chi connectivity index (χ1) is 28.5. The SMILES string of the molecule is CC1(C)c2ccccc2-c2cccc(-c3ccc(-c4cccc(-c5nc(-c6ccccc6-c6ccccc6)nc(-c6cccc7c6sc6ccccc67)n5)c4)cc3)c21. The molecule has 2 heterocycles. The second-order valence-corrected chi connectivity index (χ2v) is 16.6. The lowest BCUT2D eigenvalue weighted by Crippen LogP contribution is -2.16. The molecule has 0 saturated carbocycles. The van der Waals surface area contributed by atoms with Crippen LogP contribution in [-0.4, -0.2) is 15.0 Å². The van der Waals surface area contributed by atoms with Gasteiger partial charge in [0.2, 0.25) is 0 Å². The number of thiophene rings is 1. The van der Waals surface area contributed by atoms with Gasteiger partial charge in [0.1, 0.15) is 0 Å². The van der Waals surface area contributed by atoms with Gasteiger partial charge < -0.3 is 0 Å². The third-order valence-corrected chi connectivity index (χ3v) is 13.0. The van der Waals surface area contributed by atoms with Crippen LogP contribution in [-0.2, 0) is 5.41 Å². The highest BCUT2D eigenvalue weighted by Crippen LogP contribution is 2.52. The first-order valence-electron chi connectivity index (χ1n) is 19.8. The van der Waals surface area contributed by atoms with Crippen LogP contribution < -0.4 is 0 Å². The highest BCUT2D eigenvalue weighted by atomic mass is 32.1. The fourth-order valence-corrected chi connectivity index (χ4v) is 10.2. The summed E-state index contributed by atoms with van der Waals surface area (Å²) in [6.45, 7) is 4.70. The monoisotopic (exact) mass is 759 g/mol. The number of nitrogens with zero attached hydrogens (tertiary/aromatic N) is 3. The molecule has 0 saturated heterocycles. The summed E-state index contributed by atoms with van der Waals surface area (Å²) < 4.78 is 2.42. The van der Waals surface area contributed by atoms with Gasteiger partial charge in [-0.2, -0.15) is 0 Å². The molecule has 0 bridgehead atoms. The lowest BCUT2D eigenvalue weighted by atomic mass is 9.79. The van der Waals surface area contributed by atoms with E-state index < -0.39 is 0 Å². The fraction of sp³-hybridized carbons (Fsp3) is 0.0556. The summed E-state index contributed by atoms with van der Waals surface area (Å²) >= 11 is 1.79. The van der Waals surface area contributed by atoms with E-state index in [1.165, 1.54) is 53.6 Å². The molecular formula is C54H37N3S. The molecule has 2 aromatic heterocycles. The molecule has 0 fully saturated rings. The van der Waals surface area contributed by atoms with Gasteiger partial charge in [-0.1, -0.05) is 184 Å². The minimum atomic E-state index is -0.0815. The van der Waals surface area contributed by atoms with Crippen molar-refractivity contribution in [2.24, 2.45) is 0 Å². The normalized spacial score (nSPS) is 12.8. The summed E-state index contributed by atoms with van der Waals surface area (Å²) in [7, 11) is 0. The van der Waals surface area contributed by atoms with E-state index in [1.54, 1.807) is 11.3 Å². The third kappa shape index (κ3) is 5.60. The Labute approximate surface area is 342 Å². The van der Waals surface area contributed by atoms with Gasteiger partial charge in [-0.25, -0.2) is 15.0 Å². The molecule has 4 heteroatoms. The quantitative estimate of drug-likeness (QED) is 0.169. The zero-order chi connectivity index (χ0) is 38.8. The molecular weight excluding hydrogens is 723 g/mol. The largest absolute Gasteiger partial charge is 0.208 e. The van der Waals surface area contributed by atoms with Crippen LogP contribution in [0.15, 0.2) is 188 Å². The number of benzene rings is 8. The summed E-state index contributed by atoms with van der Waals surface area (Å²) in [5, 5.41) is 2.46. The van der Waals surface area contributed by atoms with E-state index in [1.807, 2.05) is 6.07 Å². The van der Waals surface area contributed by atoms with Crippen LogP contribution in [0.1, 0.15) is 25.0 Å². The average molecular weight is 760 g/mol. The van der Waals surface area contributed by atoms with Crippen LogP contribution in [0.3, 0.4) is 0 Å². The summed E-state index contributed by atoms with van der Waals surface area (Å²) in [6, 6.07) is 67.1. The predicted octanol–water partition coefficient (Wildman–Crippen LogP) is 14.5. The molecule has 1 aliphatic carbocycles. The lowest BCUT2D eigenvalue weighted by Gasteiger charge is -2.24. The standard InChI is InChI=1S/C54H37N3S/c1-54(2)47-27-10-8-20-41(47)43-24-13-23-40(49(43)54)36-31-29-34(30-32-36)37-17-12-18-38(33-37)51-55-52(45-22-7-6-19-39(45)35-15-4-3-5-16-35)57-53(56-51)46-26-14-25-44-42-21-9-11-28-48(42)58-50(44)46/h3-33H,1-2H3. The molecule has 0 spiro atoms. The van der Waals surface area contributed by atoms with E-state index in [9.17, 15) is 0 Å². The van der Waals surface area contributed by atoms with Crippen molar-refractivity contribution >= 4 is 31.5 Å². The minimum absolute atomic E-state index is 0.0815. The Hall–Kier alpha value is -7.01. The van der Waals surface area contributed by atoms with E-state index in [-0.39, 0.29) is 5.41 Å². The van der Waals surface area contributed by atoms with Crippen molar-refractivity contribution in [3.05, 3.63) is 199 Å². The van der Waals surface area contributed by atoms with E-state index in [0.29, 0.717) is 17.5 Å². The van der Waals surface area contributed by atoms with Gasteiger partial charge >= 0.3 is 0 Å². The molecule has 8 aromatic carbocycles. The number of aromatic nitrogens is 3. The van der Waals surface area contributed by atoms with E-state index in [0.717, 1.165) is 38.9 Å². The number of hydrogen-bond donors (Lipinski definition) is 0. The van der Waals surface area contributed by atoms with Crippen molar-refractivity contribution in [1.82, 2.24) is 15.0 Å². The Kier molecular flexibility index (Phi) is 8.02. The van der Waals surface area contributed by atoms with Crippen molar-refractivity contribution in [1.29, 1.82) is 0 Å². The molecule has 1 aliphatic rings. The Morgan fingerprint density at radius 1 is 0.362 bits per heavy atom. The fourth-order valence-electron chi connectivity index (χ4n) is 8.99. The maximum absolute atomic E-state index is 5.26. The van der Waals surface area contributed by atoms with E-state index >= 15 is 0 Å². The van der Waals surface area contributed by atoms with Crippen LogP contribution in [0.25, 0.3) is 98.8 Å². The van der Waals surface area contributed by atoms with Gasteiger partial charge in [0, 0.05) is 42.3 Å². The average Bonchev–Trinajstić information content (AvgIpc) is 3.79. The van der Waals surface area contributed by atoms with Gasteiger partial charge in [-0.05, 0) is 73.8 Å². The molecule has 0 N–H and O–H groups in total. The highest BCUT2D eigenvalue weighted by Gasteiger charge is 2.37. The van der Waals surface area contributed by atoms with Gasteiger partial charge in [0.25, 0.3) is 0 Å². The molecule has 274 valence electrons. The zero-order valence-corrected chi connectivity index (χ0v) is 33.0. The summed E-state index contributed by atoms with van der Waals surface area (Å²) in [5.74, 6) is 1.95. The molecule has 11 rings (SSSR count). The molecule has 3 nitrogen and oxygen atoms in total. The summed E-state index contributed by atoms with van der Waals surface area (Å²) in [5.41, 5.74) is 15.2. The molecule has 0 amide bonds. The van der Waals surface area contributed by atoms with Crippen LogP contribution in [0, 0.1) is 0 Å². The first-order valence-corrected chi connectivity index (χ1v) is 20.6. The Bertz CT molecular complexity index is 3200. The molecule has 0 unspecified atom stereocenters. The van der Waals surface area contributed by atoms with Crippen molar-refractivity contribution < 1.29 is 0 Å². The topological polar surface area (TPSA) is 38.7 Å². The molecule has 0 radical (unpaired) electrons. The molecule has 58 heavy (non-hydrogen) atoms. The van der Waals surface area contributed by atoms with Gasteiger partial charge in [-0.3, -0.25) is 0 Å². The van der Waals surface area contributed by atoms with Crippen LogP contribution >= 0.6 is 11.3 Å². The van der Waals surface area contributed by atoms with Crippen LogP contribution in [0.4, 0.5) is 0 Å². The first kappa shape index (κ1) is 34.3. The second kappa shape index (κ2) is 13.6. The van der Waals surface area contributed by atoms with Crippen molar-refractivity contribution in [3.63, 3.8) is 0 Å². The van der Waals surface area contributed by atoms with Crippen molar-refractivity contribution in [3.8, 4) is 78.7 Å². The van der Waals surface area contributed by atoms with Gasteiger partial charge in [0.05, 0.1) is 0 Å².